The van der Waals surface area contributed by atoms with E-state index in [0.717, 1.165) is 5.56 Å². The third kappa shape index (κ3) is 3.29. The molecule has 0 aromatic heterocycles. The monoisotopic (exact) mass is 267 g/mol. The number of hydrogen-bond donors (Lipinski definition) is 1. The van der Waals surface area contributed by atoms with Crippen molar-refractivity contribution >= 4 is 5.97 Å². The van der Waals surface area contributed by atoms with E-state index in [9.17, 15) is 4.79 Å². The van der Waals surface area contributed by atoms with Gasteiger partial charge in [-0.2, -0.15) is 0 Å². The van der Waals surface area contributed by atoms with Gasteiger partial charge in [0, 0.05) is 12.1 Å². The smallest absolute Gasteiger partial charge is 0.343 e. The molecule has 1 heterocycles. The number of rotatable bonds is 5. The Balaban J connectivity index is 2.20. The van der Waals surface area contributed by atoms with Crippen molar-refractivity contribution in [3.8, 4) is 17.2 Å². The SMILES string of the molecule is COC(=O)COc1cc2c(cc1CC(C)N)OCO2. The second kappa shape index (κ2) is 5.79. The first-order valence-electron chi connectivity index (χ1n) is 5.98. The molecule has 0 amide bonds. The summed E-state index contributed by atoms with van der Waals surface area (Å²) in [6.07, 6.45) is 0.618. The van der Waals surface area contributed by atoms with Gasteiger partial charge in [0.2, 0.25) is 6.79 Å². The average molecular weight is 267 g/mol. The molecule has 19 heavy (non-hydrogen) atoms. The van der Waals surface area contributed by atoms with Crippen molar-refractivity contribution in [2.24, 2.45) is 5.73 Å². The molecular weight excluding hydrogens is 250 g/mol. The van der Waals surface area contributed by atoms with Crippen LogP contribution in [0.15, 0.2) is 12.1 Å². The fourth-order valence-electron chi connectivity index (χ4n) is 1.80. The van der Waals surface area contributed by atoms with E-state index in [1.807, 2.05) is 13.0 Å². The zero-order valence-corrected chi connectivity index (χ0v) is 11.0. The Labute approximate surface area is 111 Å². The molecule has 1 atom stereocenters. The molecule has 104 valence electrons. The van der Waals surface area contributed by atoms with Gasteiger partial charge in [-0.05, 0) is 25.0 Å². The summed E-state index contributed by atoms with van der Waals surface area (Å²) in [6, 6.07) is 3.52. The molecule has 0 fully saturated rings. The lowest BCUT2D eigenvalue weighted by Crippen LogP contribution is -2.19. The second-order valence-electron chi connectivity index (χ2n) is 4.36. The van der Waals surface area contributed by atoms with Gasteiger partial charge < -0.3 is 24.7 Å². The standard InChI is InChI=1S/C13H17NO5/c1-8(14)3-9-4-11-12(19-7-18-11)5-10(9)17-6-13(15)16-2/h4-5,8H,3,6-7,14H2,1-2H3. The molecule has 2 rings (SSSR count). The number of carbonyl (C=O) groups is 1. The minimum Gasteiger partial charge on any atom is -0.481 e. The van der Waals surface area contributed by atoms with E-state index in [1.54, 1.807) is 6.07 Å². The summed E-state index contributed by atoms with van der Waals surface area (Å²) in [5.74, 6) is 1.39. The Bertz CT molecular complexity index is 472. The van der Waals surface area contributed by atoms with Crippen molar-refractivity contribution < 1.29 is 23.7 Å². The molecule has 1 aromatic carbocycles. The van der Waals surface area contributed by atoms with Gasteiger partial charge in [-0.25, -0.2) is 4.79 Å². The largest absolute Gasteiger partial charge is 0.481 e. The third-order valence-corrected chi connectivity index (χ3v) is 2.67. The summed E-state index contributed by atoms with van der Waals surface area (Å²) >= 11 is 0. The third-order valence-electron chi connectivity index (χ3n) is 2.67. The lowest BCUT2D eigenvalue weighted by molar-refractivity contribution is -0.142. The normalized spacial score (nSPS) is 14.1. The molecule has 1 aliphatic rings. The first-order valence-corrected chi connectivity index (χ1v) is 5.98. The van der Waals surface area contributed by atoms with Crippen LogP contribution in [0.1, 0.15) is 12.5 Å². The van der Waals surface area contributed by atoms with Gasteiger partial charge >= 0.3 is 5.97 Å². The van der Waals surface area contributed by atoms with Crippen LogP contribution in [0, 0.1) is 0 Å². The van der Waals surface area contributed by atoms with Crippen LogP contribution in [0.3, 0.4) is 0 Å². The van der Waals surface area contributed by atoms with Crippen molar-refractivity contribution in [2.75, 3.05) is 20.5 Å². The molecule has 0 saturated heterocycles. The molecule has 6 nitrogen and oxygen atoms in total. The zero-order valence-electron chi connectivity index (χ0n) is 11.0. The molecule has 0 aliphatic carbocycles. The van der Waals surface area contributed by atoms with Gasteiger partial charge in [0.15, 0.2) is 18.1 Å². The van der Waals surface area contributed by atoms with Crippen LogP contribution in [0.5, 0.6) is 17.2 Å². The highest BCUT2D eigenvalue weighted by molar-refractivity contribution is 5.71. The summed E-state index contributed by atoms with van der Waals surface area (Å²) in [4.78, 5) is 11.1. The highest BCUT2D eigenvalue weighted by Gasteiger charge is 2.19. The predicted octanol–water partition coefficient (Wildman–Crippen LogP) is 0.857. The van der Waals surface area contributed by atoms with Crippen LogP contribution < -0.4 is 19.9 Å². The number of carbonyl (C=O) groups excluding carboxylic acids is 1. The fraction of sp³-hybridized carbons (Fsp3) is 0.462. The van der Waals surface area contributed by atoms with Crippen molar-refractivity contribution in [3.05, 3.63) is 17.7 Å². The summed E-state index contributed by atoms with van der Waals surface area (Å²) < 4.78 is 20.6. The summed E-state index contributed by atoms with van der Waals surface area (Å²) in [7, 11) is 1.31. The van der Waals surface area contributed by atoms with Crippen LogP contribution in [0.25, 0.3) is 0 Å². The number of benzene rings is 1. The van der Waals surface area contributed by atoms with E-state index in [-0.39, 0.29) is 19.4 Å². The van der Waals surface area contributed by atoms with Crippen LogP contribution in [0.2, 0.25) is 0 Å². The number of esters is 1. The van der Waals surface area contributed by atoms with Gasteiger partial charge in [-0.3, -0.25) is 0 Å². The van der Waals surface area contributed by atoms with Gasteiger partial charge in [0.1, 0.15) is 5.75 Å². The van der Waals surface area contributed by atoms with Crippen molar-refractivity contribution in [3.63, 3.8) is 0 Å². The second-order valence-corrected chi connectivity index (χ2v) is 4.36. The summed E-state index contributed by atoms with van der Waals surface area (Å²) in [5.41, 5.74) is 6.68. The number of ether oxygens (including phenoxy) is 4. The van der Waals surface area contributed by atoms with E-state index in [4.69, 9.17) is 19.9 Å². The Hall–Kier alpha value is -1.95. The first-order chi connectivity index (χ1) is 9.10. The Morgan fingerprint density at radius 1 is 1.42 bits per heavy atom. The number of methoxy groups -OCH3 is 1. The van der Waals surface area contributed by atoms with E-state index in [0.29, 0.717) is 23.7 Å². The predicted molar refractivity (Wildman–Crippen MR) is 67.4 cm³/mol. The molecular formula is C13H17NO5. The molecule has 0 spiro atoms. The first kappa shape index (κ1) is 13.5. The zero-order chi connectivity index (χ0) is 13.8. The van der Waals surface area contributed by atoms with Crippen LogP contribution in [-0.4, -0.2) is 32.5 Å². The molecule has 0 bridgehead atoms. The molecule has 1 unspecified atom stereocenters. The maximum absolute atomic E-state index is 11.1. The van der Waals surface area contributed by atoms with Crippen LogP contribution in [-0.2, 0) is 16.0 Å². The number of fused-ring (bicyclic) bond motifs is 1. The van der Waals surface area contributed by atoms with Gasteiger partial charge in [-0.1, -0.05) is 0 Å². The van der Waals surface area contributed by atoms with Crippen molar-refractivity contribution in [2.45, 2.75) is 19.4 Å². The van der Waals surface area contributed by atoms with E-state index < -0.39 is 5.97 Å². The topological polar surface area (TPSA) is 80.0 Å². The fourth-order valence-corrected chi connectivity index (χ4v) is 1.80. The minimum absolute atomic E-state index is 0.0270. The Morgan fingerprint density at radius 3 is 2.74 bits per heavy atom. The highest BCUT2D eigenvalue weighted by atomic mass is 16.7. The molecule has 6 heteroatoms. The maximum atomic E-state index is 11.1. The van der Waals surface area contributed by atoms with Crippen LogP contribution in [0.4, 0.5) is 0 Å². The van der Waals surface area contributed by atoms with E-state index >= 15 is 0 Å². The van der Waals surface area contributed by atoms with Gasteiger partial charge in [-0.15, -0.1) is 0 Å². The van der Waals surface area contributed by atoms with Crippen molar-refractivity contribution in [1.82, 2.24) is 0 Å². The molecule has 1 aromatic rings. The highest BCUT2D eigenvalue weighted by Crippen LogP contribution is 2.38. The van der Waals surface area contributed by atoms with Gasteiger partial charge in [0.05, 0.1) is 7.11 Å². The lowest BCUT2D eigenvalue weighted by Gasteiger charge is -2.13. The number of nitrogens with two attached hydrogens (primary N) is 1. The summed E-state index contributed by atoms with van der Waals surface area (Å²) in [5, 5.41) is 0. The maximum Gasteiger partial charge on any atom is 0.343 e. The van der Waals surface area contributed by atoms with E-state index in [2.05, 4.69) is 4.74 Å². The molecule has 1 aliphatic heterocycles. The quantitative estimate of drug-likeness (QED) is 0.797. The average Bonchev–Trinajstić information content (AvgIpc) is 2.81. The lowest BCUT2D eigenvalue weighted by atomic mass is 10.1. The van der Waals surface area contributed by atoms with Crippen molar-refractivity contribution in [1.29, 1.82) is 0 Å². The Kier molecular flexibility index (Phi) is 4.11. The summed E-state index contributed by atoms with van der Waals surface area (Å²) in [6.45, 7) is 1.93. The number of hydrogen-bond acceptors (Lipinski definition) is 6. The van der Waals surface area contributed by atoms with E-state index in [1.165, 1.54) is 7.11 Å². The molecule has 0 saturated carbocycles. The minimum atomic E-state index is -0.440. The Morgan fingerprint density at radius 2 is 2.11 bits per heavy atom. The molecule has 2 N–H and O–H groups in total. The van der Waals surface area contributed by atoms with Gasteiger partial charge in [0.25, 0.3) is 0 Å². The molecule has 0 radical (unpaired) electrons. The van der Waals surface area contributed by atoms with Crippen LogP contribution >= 0.6 is 0 Å².